The predicted molar refractivity (Wildman–Crippen MR) is 351 cm³/mol. The van der Waals surface area contributed by atoms with E-state index in [9.17, 15) is 0 Å². The molecule has 13 aromatic carbocycles. The summed E-state index contributed by atoms with van der Waals surface area (Å²) in [7, 11) is 0. The van der Waals surface area contributed by atoms with Gasteiger partial charge in [-0.05, 0) is 128 Å². The Kier molecular flexibility index (Phi) is 10.7. The first-order valence-corrected chi connectivity index (χ1v) is 28.7. The molecule has 4 heterocycles. The minimum Gasteiger partial charge on any atom is -0.311 e. The molecule has 2 aromatic heterocycles. The summed E-state index contributed by atoms with van der Waals surface area (Å²) in [6, 6.07) is 115. The minimum absolute atomic E-state index is 0.185. The number of fused-ring (bicyclic) bond motifs is 10. The van der Waals surface area contributed by atoms with Crippen LogP contribution < -0.4 is 26.2 Å². The standard InChI is InChI=1S/C78H51BN4/c1-5-21-52(22-6-1)55-37-42-59(43-38-55)80-73-46-41-58(54-25-9-3-10-26-54)47-67(73)79-68-50-66(57-27-11-4-12-28-57)74(83-71-35-19-15-31-64(71)65-32-16-20-36-72(65)83)51-75(68)81(60-44-39-56(40-45-60)53-23-7-2-8-24-53)77-49-61(48-76(80)78(77)79)82-69-33-17-13-29-62(69)63-30-14-18-34-70(63)82/h1-51H. The van der Waals surface area contributed by atoms with Gasteiger partial charge in [0.05, 0.1) is 33.4 Å². The van der Waals surface area contributed by atoms with Crippen LogP contribution in [0.2, 0.25) is 0 Å². The second kappa shape index (κ2) is 18.9. The molecule has 0 spiro atoms. The molecule has 0 saturated heterocycles. The highest BCUT2D eigenvalue weighted by atomic mass is 15.2. The normalized spacial score (nSPS) is 12.5. The molecule has 17 rings (SSSR count). The van der Waals surface area contributed by atoms with E-state index in [1.807, 2.05) is 0 Å². The van der Waals surface area contributed by atoms with Crippen LogP contribution in [0, 0.1) is 0 Å². The number of para-hydroxylation sites is 4. The fraction of sp³-hybridized carbons (Fsp3) is 0. The number of nitrogens with zero attached hydrogens (tertiary/aromatic N) is 4. The minimum atomic E-state index is -0.185. The van der Waals surface area contributed by atoms with Crippen LogP contribution >= 0.6 is 0 Å². The van der Waals surface area contributed by atoms with E-state index in [0.29, 0.717) is 0 Å². The zero-order valence-corrected chi connectivity index (χ0v) is 45.3. The van der Waals surface area contributed by atoms with Gasteiger partial charge in [0.2, 0.25) is 0 Å². The molecular weight excluding hydrogens is 1000 g/mol. The molecule has 0 saturated carbocycles. The van der Waals surface area contributed by atoms with Crippen LogP contribution in [0.25, 0.3) is 99.5 Å². The summed E-state index contributed by atoms with van der Waals surface area (Å²) in [5.41, 5.74) is 26.8. The lowest BCUT2D eigenvalue weighted by atomic mass is 9.33. The third-order valence-corrected chi connectivity index (χ3v) is 17.5. The molecule has 15 aromatic rings. The van der Waals surface area contributed by atoms with Crippen molar-refractivity contribution < 1.29 is 0 Å². The molecule has 0 atom stereocenters. The van der Waals surface area contributed by atoms with Crippen molar-refractivity contribution in [2.75, 3.05) is 9.80 Å². The van der Waals surface area contributed by atoms with E-state index >= 15 is 0 Å². The maximum Gasteiger partial charge on any atom is 0.252 e. The Morgan fingerprint density at radius 2 is 0.578 bits per heavy atom. The first-order valence-electron chi connectivity index (χ1n) is 28.7. The zero-order chi connectivity index (χ0) is 54.5. The Labute approximate surface area is 482 Å². The topological polar surface area (TPSA) is 16.3 Å². The van der Waals surface area contributed by atoms with Crippen LogP contribution in [0.5, 0.6) is 0 Å². The number of rotatable bonds is 8. The molecule has 0 radical (unpaired) electrons. The lowest BCUT2D eigenvalue weighted by Crippen LogP contribution is -2.61. The summed E-state index contributed by atoms with van der Waals surface area (Å²) < 4.78 is 5.01. The van der Waals surface area contributed by atoms with Crippen molar-refractivity contribution in [1.82, 2.24) is 9.13 Å². The first-order chi connectivity index (χ1) is 41.2. The van der Waals surface area contributed by atoms with Gasteiger partial charge in [0.25, 0.3) is 6.71 Å². The molecular formula is C78H51BN4. The van der Waals surface area contributed by atoms with Gasteiger partial charge in [0.15, 0.2) is 0 Å². The van der Waals surface area contributed by atoms with E-state index in [-0.39, 0.29) is 6.71 Å². The average Bonchev–Trinajstić information content (AvgIpc) is 1.29. The number of aromatic nitrogens is 2. The van der Waals surface area contributed by atoms with Gasteiger partial charge in [-0.15, -0.1) is 0 Å². The van der Waals surface area contributed by atoms with Crippen LogP contribution in [0.3, 0.4) is 0 Å². The van der Waals surface area contributed by atoms with Crippen molar-refractivity contribution in [2.45, 2.75) is 0 Å². The Morgan fingerprint density at radius 1 is 0.217 bits per heavy atom. The van der Waals surface area contributed by atoms with Crippen molar-refractivity contribution in [3.8, 4) is 55.9 Å². The first kappa shape index (κ1) is 47.0. The third-order valence-electron chi connectivity index (χ3n) is 17.5. The van der Waals surface area contributed by atoms with Crippen LogP contribution in [-0.2, 0) is 0 Å². The predicted octanol–water partition coefficient (Wildman–Crippen LogP) is 18.6. The lowest BCUT2D eigenvalue weighted by molar-refractivity contribution is 1.15. The summed E-state index contributed by atoms with van der Waals surface area (Å²) in [4.78, 5) is 5.14. The van der Waals surface area contributed by atoms with E-state index < -0.39 is 0 Å². The molecule has 4 nitrogen and oxygen atoms in total. The molecule has 0 bridgehead atoms. The average molecular weight is 1060 g/mol. The van der Waals surface area contributed by atoms with Gasteiger partial charge in [0.1, 0.15) is 0 Å². The Hall–Kier alpha value is -10.9. The second-order valence-electron chi connectivity index (χ2n) is 22.0. The van der Waals surface area contributed by atoms with E-state index in [0.717, 1.165) is 62.1 Å². The smallest absolute Gasteiger partial charge is 0.252 e. The number of benzene rings is 13. The lowest BCUT2D eigenvalue weighted by Gasteiger charge is -2.45. The molecule has 0 fully saturated rings. The van der Waals surface area contributed by atoms with Crippen LogP contribution in [0.15, 0.2) is 309 Å². The van der Waals surface area contributed by atoms with Gasteiger partial charge < -0.3 is 18.9 Å². The molecule has 5 heteroatoms. The van der Waals surface area contributed by atoms with Crippen molar-refractivity contribution in [1.29, 1.82) is 0 Å². The van der Waals surface area contributed by atoms with Gasteiger partial charge in [0, 0.05) is 61.2 Å². The van der Waals surface area contributed by atoms with Crippen LogP contribution in [0.4, 0.5) is 34.1 Å². The van der Waals surface area contributed by atoms with Crippen molar-refractivity contribution in [3.05, 3.63) is 309 Å². The Bertz CT molecular complexity index is 4900. The van der Waals surface area contributed by atoms with E-state index in [2.05, 4.69) is 328 Å². The fourth-order valence-electron chi connectivity index (χ4n) is 13.8. The molecule has 386 valence electrons. The number of anilines is 6. The highest BCUT2D eigenvalue weighted by molar-refractivity contribution is 7.00. The number of hydrogen-bond acceptors (Lipinski definition) is 2. The molecule has 2 aliphatic heterocycles. The van der Waals surface area contributed by atoms with E-state index in [4.69, 9.17) is 0 Å². The van der Waals surface area contributed by atoms with Gasteiger partial charge in [-0.25, -0.2) is 0 Å². The summed E-state index contributed by atoms with van der Waals surface area (Å²) in [5, 5.41) is 4.90. The molecule has 0 aliphatic carbocycles. The highest BCUT2D eigenvalue weighted by Gasteiger charge is 2.45. The second-order valence-corrected chi connectivity index (χ2v) is 22.0. The largest absolute Gasteiger partial charge is 0.311 e. The number of hydrogen-bond donors (Lipinski definition) is 0. The zero-order valence-electron chi connectivity index (χ0n) is 45.3. The highest BCUT2D eigenvalue weighted by Crippen LogP contribution is 2.49. The summed E-state index contributed by atoms with van der Waals surface area (Å²) in [6.07, 6.45) is 0. The molecule has 0 unspecified atom stereocenters. The van der Waals surface area contributed by atoms with Crippen molar-refractivity contribution in [2.24, 2.45) is 0 Å². The van der Waals surface area contributed by atoms with E-state index in [1.165, 1.54) is 87.9 Å². The maximum absolute atomic E-state index is 2.59. The van der Waals surface area contributed by atoms with Gasteiger partial charge in [-0.2, -0.15) is 0 Å². The monoisotopic (exact) mass is 1050 g/mol. The fourth-order valence-corrected chi connectivity index (χ4v) is 13.8. The Balaban J connectivity index is 1.02. The Morgan fingerprint density at radius 3 is 1.05 bits per heavy atom. The van der Waals surface area contributed by atoms with Crippen LogP contribution in [-0.4, -0.2) is 15.8 Å². The van der Waals surface area contributed by atoms with E-state index in [1.54, 1.807) is 0 Å². The van der Waals surface area contributed by atoms with Gasteiger partial charge in [-0.3, -0.25) is 0 Å². The summed E-state index contributed by atoms with van der Waals surface area (Å²) in [5.74, 6) is 0. The SMILES string of the molecule is c1ccc(-c2ccc(N3c4ccc(-c5ccccc5)cc4B4c5cc(-c6ccccc6)c(-n6c7ccccc7c7ccccc76)cc5N(c5ccc(-c6ccccc6)cc5)c5cc(-n6c7ccccc7c7ccccc76)cc3c54)cc2)cc1. The van der Waals surface area contributed by atoms with Gasteiger partial charge in [-0.1, -0.05) is 237 Å². The van der Waals surface area contributed by atoms with Gasteiger partial charge >= 0.3 is 0 Å². The molecule has 0 amide bonds. The van der Waals surface area contributed by atoms with Crippen molar-refractivity contribution in [3.63, 3.8) is 0 Å². The molecule has 83 heavy (non-hydrogen) atoms. The van der Waals surface area contributed by atoms with Crippen molar-refractivity contribution >= 4 is 101 Å². The maximum atomic E-state index is 2.59. The summed E-state index contributed by atoms with van der Waals surface area (Å²) in [6.45, 7) is -0.185. The molecule has 2 aliphatic rings. The quantitative estimate of drug-likeness (QED) is 0.141. The third kappa shape index (κ3) is 7.41. The summed E-state index contributed by atoms with van der Waals surface area (Å²) >= 11 is 0. The van der Waals surface area contributed by atoms with Crippen LogP contribution in [0.1, 0.15) is 0 Å². The molecule has 0 N–H and O–H groups in total.